The first-order valence-corrected chi connectivity index (χ1v) is 4.77. The molecule has 0 amide bonds. The lowest BCUT2D eigenvalue weighted by Gasteiger charge is -2.12. The smallest absolute Gasteiger partial charge is 0.155 e. The van der Waals surface area contributed by atoms with Crippen LogP contribution in [0.2, 0.25) is 0 Å². The molecule has 0 aliphatic rings. The lowest BCUT2D eigenvalue weighted by atomic mass is 9.98. The van der Waals surface area contributed by atoms with Crippen LogP contribution in [0.4, 0.5) is 0 Å². The number of aryl methyl sites for hydroxylation is 1. The zero-order valence-corrected chi connectivity index (χ0v) is 8.90. The van der Waals surface area contributed by atoms with E-state index in [2.05, 4.69) is 5.10 Å². The maximum absolute atomic E-state index is 11.6. The van der Waals surface area contributed by atoms with Crippen LogP contribution in [0, 0.1) is 5.92 Å². The Morgan fingerprint density at radius 1 is 1.64 bits per heavy atom. The van der Waals surface area contributed by atoms with E-state index in [0.717, 1.165) is 5.69 Å². The zero-order chi connectivity index (χ0) is 10.7. The van der Waals surface area contributed by atoms with Crippen LogP contribution in [0.15, 0.2) is 12.3 Å². The molecule has 14 heavy (non-hydrogen) atoms. The van der Waals surface area contributed by atoms with Crippen molar-refractivity contribution >= 4 is 5.78 Å². The summed E-state index contributed by atoms with van der Waals surface area (Å²) in [6, 6.07) is 1.46. The van der Waals surface area contributed by atoms with Crippen LogP contribution >= 0.6 is 0 Å². The molecule has 2 N–H and O–H groups in total. The van der Waals surface area contributed by atoms with E-state index in [-0.39, 0.29) is 17.7 Å². The van der Waals surface area contributed by atoms with E-state index < -0.39 is 0 Å². The van der Waals surface area contributed by atoms with Crippen LogP contribution in [0.1, 0.15) is 19.5 Å². The lowest BCUT2D eigenvalue weighted by Crippen LogP contribution is -2.36. The summed E-state index contributed by atoms with van der Waals surface area (Å²) in [6.45, 7) is 3.89. The van der Waals surface area contributed by atoms with Gasteiger partial charge in [-0.15, -0.1) is 0 Å². The number of Topliss-reactive ketones (excluding diaryl/α,β-unsaturated/α-hetero) is 1. The van der Waals surface area contributed by atoms with E-state index >= 15 is 0 Å². The highest BCUT2D eigenvalue weighted by Crippen LogP contribution is 2.04. The number of rotatable bonds is 4. The van der Waals surface area contributed by atoms with Crippen molar-refractivity contribution in [3.05, 3.63) is 18.0 Å². The standard InChI is InChI=1S/C10H17N3O/c1-7(2)10(11)9(14)6-8-4-5-13(3)12-8/h4-5,7,10H,6,11H2,1-3H3. The molecule has 0 fully saturated rings. The second-order valence-electron chi connectivity index (χ2n) is 3.89. The molecule has 0 spiro atoms. The molecule has 0 aromatic carbocycles. The third-order valence-electron chi connectivity index (χ3n) is 2.21. The molecule has 0 saturated heterocycles. The van der Waals surface area contributed by atoms with Crippen LogP contribution in [0.25, 0.3) is 0 Å². The van der Waals surface area contributed by atoms with Gasteiger partial charge in [-0.25, -0.2) is 0 Å². The highest BCUT2D eigenvalue weighted by atomic mass is 16.1. The van der Waals surface area contributed by atoms with Crippen molar-refractivity contribution in [2.75, 3.05) is 0 Å². The number of nitrogens with zero attached hydrogens (tertiary/aromatic N) is 2. The Balaban J connectivity index is 2.57. The summed E-state index contributed by atoms with van der Waals surface area (Å²) in [7, 11) is 1.83. The van der Waals surface area contributed by atoms with Gasteiger partial charge in [0.25, 0.3) is 0 Å². The molecule has 1 atom stereocenters. The minimum absolute atomic E-state index is 0.0544. The number of hydrogen-bond acceptors (Lipinski definition) is 3. The lowest BCUT2D eigenvalue weighted by molar-refractivity contribution is -0.120. The highest BCUT2D eigenvalue weighted by Gasteiger charge is 2.18. The molecule has 0 radical (unpaired) electrons. The Labute approximate surface area is 84.1 Å². The molecule has 0 aliphatic heterocycles. The summed E-state index contributed by atoms with van der Waals surface area (Å²) in [5.74, 6) is 0.241. The van der Waals surface area contributed by atoms with Gasteiger partial charge in [-0.3, -0.25) is 9.48 Å². The molecule has 4 nitrogen and oxygen atoms in total. The Morgan fingerprint density at radius 2 is 2.29 bits per heavy atom. The molecule has 1 aromatic heterocycles. The SMILES string of the molecule is CC(C)C(N)C(=O)Cc1ccn(C)n1. The van der Waals surface area contributed by atoms with Gasteiger partial charge in [-0.05, 0) is 12.0 Å². The second kappa shape index (κ2) is 4.37. The van der Waals surface area contributed by atoms with Crippen LogP contribution in [0.5, 0.6) is 0 Å². The summed E-state index contributed by atoms with van der Waals surface area (Å²) < 4.78 is 1.68. The maximum Gasteiger partial charge on any atom is 0.155 e. The van der Waals surface area contributed by atoms with Crippen molar-refractivity contribution in [3.63, 3.8) is 0 Å². The number of hydrogen-bond donors (Lipinski definition) is 1. The average Bonchev–Trinajstić information content (AvgIpc) is 2.49. The van der Waals surface area contributed by atoms with E-state index in [1.54, 1.807) is 4.68 Å². The molecule has 0 saturated carbocycles. The largest absolute Gasteiger partial charge is 0.321 e. The van der Waals surface area contributed by atoms with E-state index in [0.29, 0.717) is 6.42 Å². The van der Waals surface area contributed by atoms with E-state index in [1.807, 2.05) is 33.2 Å². The van der Waals surface area contributed by atoms with E-state index in [1.165, 1.54) is 0 Å². The molecule has 1 unspecified atom stereocenters. The summed E-state index contributed by atoms with van der Waals surface area (Å²) in [5, 5.41) is 4.13. The Hall–Kier alpha value is -1.16. The van der Waals surface area contributed by atoms with Crippen molar-refractivity contribution in [2.24, 2.45) is 18.7 Å². The van der Waals surface area contributed by atoms with Crippen LogP contribution < -0.4 is 5.73 Å². The summed E-state index contributed by atoms with van der Waals surface area (Å²) in [6.07, 6.45) is 2.16. The topological polar surface area (TPSA) is 60.9 Å². The van der Waals surface area contributed by atoms with Gasteiger partial charge in [-0.1, -0.05) is 13.8 Å². The van der Waals surface area contributed by atoms with Crippen LogP contribution in [0.3, 0.4) is 0 Å². The van der Waals surface area contributed by atoms with Gasteiger partial charge < -0.3 is 5.73 Å². The first kappa shape index (κ1) is 10.9. The van der Waals surface area contributed by atoms with Crippen molar-refractivity contribution < 1.29 is 4.79 Å². The van der Waals surface area contributed by atoms with Gasteiger partial charge in [0.15, 0.2) is 5.78 Å². The van der Waals surface area contributed by atoms with Crippen LogP contribution in [-0.2, 0) is 18.3 Å². The number of carbonyl (C=O) groups excluding carboxylic acids is 1. The minimum atomic E-state index is -0.378. The third kappa shape index (κ3) is 2.67. The minimum Gasteiger partial charge on any atom is -0.321 e. The molecule has 4 heteroatoms. The average molecular weight is 195 g/mol. The number of carbonyl (C=O) groups is 1. The van der Waals surface area contributed by atoms with E-state index in [4.69, 9.17) is 5.73 Å². The van der Waals surface area contributed by atoms with Gasteiger partial charge in [-0.2, -0.15) is 5.10 Å². The molecule has 1 heterocycles. The maximum atomic E-state index is 11.6. The van der Waals surface area contributed by atoms with Crippen molar-refractivity contribution in [1.82, 2.24) is 9.78 Å². The van der Waals surface area contributed by atoms with Gasteiger partial charge in [0.05, 0.1) is 18.2 Å². The Bertz CT molecular complexity index is 317. The molecule has 0 bridgehead atoms. The predicted octanol–water partition coefficient (Wildman–Crippen LogP) is 0.515. The fraction of sp³-hybridized carbons (Fsp3) is 0.600. The summed E-state index contributed by atoms with van der Waals surface area (Å²) in [5.41, 5.74) is 6.52. The highest BCUT2D eigenvalue weighted by molar-refractivity contribution is 5.85. The van der Waals surface area contributed by atoms with Gasteiger partial charge >= 0.3 is 0 Å². The predicted molar refractivity (Wildman–Crippen MR) is 54.7 cm³/mol. The first-order valence-electron chi connectivity index (χ1n) is 4.77. The van der Waals surface area contributed by atoms with Gasteiger partial charge in [0.1, 0.15) is 0 Å². The normalized spacial score (nSPS) is 13.2. The first-order chi connectivity index (χ1) is 6.50. The van der Waals surface area contributed by atoms with Crippen molar-refractivity contribution in [1.29, 1.82) is 0 Å². The molecule has 1 rings (SSSR count). The molecule has 1 aromatic rings. The third-order valence-corrected chi connectivity index (χ3v) is 2.21. The van der Waals surface area contributed by atoms with Gasteiger partial charge in [0.2, 0.25) is 0 Å². The zero-order valence-electron chi connectivity index (χ0n) is 8.90. The van der Waals surface area contributed by atoms with Crippen LogP contribution in [-0.4, -0.2) is 21.6 Å². The monoisotopic (exact) mass is 195 g/mol. The quantitative estimate of drug-likeness (QED) is 0.761. The second-order valence-corrected chi connectivity index (χ2v) is 3.89. The number of ketones is 1. The Kier molecular flexibility index (Phi) is 3.41. The van der Waals surface area contributed by atoms with E-state index in [9.17, 15) is 4.79 Å². The number of aromatic nitrogens is 2. The van der Waals surface area contributed by atoms with Gasteiger partial charge in [0, 0.05) is 13.2 Å². The van der Waals surface area contributed by atoms with Crippen molar-refractivity contribution in [3.8, 4) is 0 Å². The molecule has 78 valence electrons. The summed E-state index contributed by atoms with van der Waals surface area (Å²) in [4.78, 5) is 11.6. The fourth-order valence-electron chi connectivity index (χ4n) is 1.23. The molecule has 0 aliphatic carbocycles. The molecular formula is C10H17N3O. The summed E-state index contributed by atoms with van der Waals surface area (Å²) >= 11 is 0. The Morgan fingerprint density at radius 3 is 2.71 bits per heavy atom. The van der Waals surface area contributed by atoms with Crippen molar-refractivity contribution in [2.45, 2.75) is 26.3 Å². The molecular weight excluding hydrogens is 178 g/mol. The number of nitrogens with two attached hydrogens (primary N) is 1. The fourth-order valence-corrected chi connectivity index (χ4v) is 1.23.